The third kappa shape index (κ3) is 6.71. The topological polar surface area (TPSA) is 44.9 Å². The minimum Gasteiger partial charge on any atom is -0.457 e. The van der Waals surface area contributed by atoms with E-state index in [1.807, 2.05) is 6.20 Å². The number of benzene rings is 3. The van der Waals surface area contributed by atoms with Crippen LogP contribution < -0.4 is 4.74 Å². The summed E-state index contributed by atoms with van der Waals surface area (Å²) < 4.78 is 11.4. The predicted molar refractivity (Wildman–Crippen MR) is 218 cm³/mol. The van der Waals surface area contributed by atoms with Crippen LogP contribution in [0, 0.1) is 5.92 Å². The Kier molecular flexibility index (Phi) is 9.91. The zero-order chi connectivity index (χ0) is 36.7. The third-order valence-electron chi connectivity index (χ3n) is 11.1. The Balaban J connectivity index is 1.37. The van der Waals surface area contributed by atoms with Crippen molar-refractivity contribution in [3.8, 4) is 23.0 Å². The molecule has 3 aromatic heterocycles. The van der Waals surface area contributed by atoms with Crippen molar-refractivity contribution >= 4 is 21.8 Å². The molecule has 0 N–H and O–H groups in total. The van der Waals surface area contributed by atoms with Gasteiger partial charge >= 0.3 is 0 Å². The van der Waals surface area contributed by atoms with Crippen molar-refractivity contribution in [3.63, 3.8) is 0 Å². The number of rotatable bonds is 10. The summed E-state index contributed by atoms with van der Waals surface area (Å²) in [5.41, 5.74) is 11.3. The SMILES string of the molecule is CCCc1nn(-c2cc(Oc3ccc4c5ccccc5n(-c5cc(C(C)C)ccn5)c4c3)cc(C(C)(C)C)c2)c(CCC)c1[C@H]1C(C)=CCC[C@@H]1C. The maximum Gasteiger partial charge on any atom is 0.137 e. The van der Waals surface area contributed by atoms with E-state index in [1.165, 1.54) is 57.3 Å². The maximum absolute atomic E-state index is 6.88. The number of hydrogen-bond acceptors (Lipinski definition) is 3. The molecule has 270 valence electrons. The highest BCUT2D eigenvalue weighted by atomic mass is 16.5. The van der Waals surface area contributed by atoms with Gasteiger partial charge in [0.25, 0.3) is 0 Å². The Morgan fingerprint density at radius 2 is 1.63 bits per heavy atom. The molecule has 0 saturated heterocycles. The smallest absolute Gasteiger partial charge is 0.137 e. The summed E-state index contributed by atoms with van der Waals surface area (Å²) in [7, 11) is 0. The Bertz CT molecular complexity index is 2260. The van der Waals surface area contributed by atoms with Gasteiger partial charge in [0.2, 0.25) is 0 Å². The molecular formula is C47H56N4O. The minimum atomic E-state index is -0.0814. The van der Waals surface area contributed by atoms with Gasteiger partial charge < -0.3 is 4.74 Å². The van der Waals surface area contributed by atoms with Crippen LogP contribution in [-0.2, 0) is 18.3 Å². The lowest BCUT2D eigenvalue weighted by molar-refractivity contribution is 0.445. The van der Waals surface area contributed by atoms with Crippen LogP contribution in [-0.4, -0.2) is 19.3 Å². The first-order valence-electron chi connectivity index (χ1n) is 19.6. The van der Waals surface area contributed by atoms with Crippen LogP contribution >= 0.6 is 0 Å². The summed E-state index contributed by atoms with van der Waals surface area (Å²) in [5, 5.41) is 7.84. The van der Waals surface area contributed by atoms with Crippen LogP contribution in [0.2, 0.25) is 0 Å². The first-order chi connectivity index (χ1) is 25.0. The van der Waals surface area contributed by atoms with E-state index >= 15 is 0 Å². The van der Waals surface area contributed by atoms with Crippen LogP contribution in [0.5, 0.6) is 11.5 Å². The Labute approximate surface area is 310 Å². The van der Waals surface area contributed by atoms with Crippen molar-refractivity contribution in [1.29, 1.82) is 0 Å². The number of nitrogens with zero attached hydrogens (tertiary/aromatic N) is 4. The molecule has 0 fully saturated rings. The number of aryl methyl sites for hydroxylation is 1. The summed E-state index contributed by atoms with van der Waals surface area (Å²) >= 11 is 0. The average molecular weight is 693 g/mol. The van der Waals surface area contributed by atoms with Gasteiger partial charge in [-0.05, 0) is 103 Å². The molecule has 3 aromatic carbocycles. The van der Waals surface area contributed by atoms with Gasteiger partial charge in [-0.3, -0.25) is 4.57 Å². The molecule has 0 saturated carbocycles. The van der Waals surface area contributed by atoms with Gasteiger partial charge in [-0.15, -0.1) is 0 Å². The highest BCUT2D eigenvalue weighted by molar-refractivity contribution is 6.09. The number of hydrogen-bond donors (Lipinski definition) is 0. The van der Waals surface area contributed by atoms with Crippen molar-refractivity contribution in [3.05, 3.63) is 119 Å². The fourth-order valence-corrected chi connectivity index (χ4v) is 8.33. The van der Waals surface area contributed by atoms with E-state index in [2.05, 4.69) is 150 Å². The fraction of sp³-hybridized carbons (Fsp3) is 0.404. The Morgan fingerprint density at radius 1 is 0.865 bits per heavy atom. The molecule has 2 atom stereocenters. The summed E-state index contributed by atoms with van der Waals surface area (Å²) in [4.78, 5) is 4.86. The minimum absolute atomic E-state index is 0.0814. The van der Waals surface area contributed by atoms with E-state index in [-0.39, 0.29) is 5.41 Å². The zero-order valence-electron chi connectivity index (χ0n) is 32.8. The van der Waals surface area contributed by atoms with Crippen molar-refractivity contribution in [2.24, 2.45) is 5.92 Å². The molecule has 52 heavy (non-hydrogen) atoms. The molecule has 6 aromatic rings. The first-order valence-corrected chi connectivity index (χ1v) is 19.6. The van der Waals surface area contributed by atoms with Crippen molar-refractivity contribution in [1.82, 2.24) is 19.3 Å². The Hall–Kier alpha value is -4.64. The average Bonchev–Trinajstić information content (AvgIpc) is 3.63. The lowest BCUT2D eigenvalue weighted by Crippen LogP contribution is -2.18. The summed E-state index contributed by atoms with van der Waals surface area (Å²) in [6.45, 7) is 20.6. The quantitative estimate of drug-likeness (QED) is 0.134. The fourth-order valence-electron chi connectivity index (χ4n) is 8.33. The van der Waals surface area contributed by atoms with Crippen LogP contribution in [0.4, 0.5) is 0 Å². The van der Waals surface area contributed by atoms with Crippen LogP contribution in [0.15, 0.2) is 90.6 Å². The van der Waals surface area contributed by atoms with Gasteiger partial charge in [-0.25, -0.2) is 9.67 Å². The van der Waals surface area contributed by atoms with E-state index < -0.39 is 0 Å². The molecule has 0 spiro atoms. The summed E-state index contributed by atoms with van der Waals surface area (Å²) in [6, 6.07) is 26.1. The largest absolute Gasteiger partial charge is 0.457 e. The molecule has 0 radical (unpaired) electrons. The second-order valence-electron chi connectivity index (χ2n) is 16.4. The lowest BCUT2D eigenvalue weighted by Gasteiger charge is -2.30. The molecular weight excluding hydrogens is 637 g/mol. The van der Waals surface area contributed by atoms with E-state index in [0.717, 1.165) is 59.7 Å². The van der Waals surface area contributed by atoms with Crippen LogP contribution in [0.1, 0.15) is 128 Å². The summed E-state index contributed by atoms with van der Waals surface area (Å²) in [5.74, 6) is 3.97. The zero-order valence-corrected chi connectivity index (χ0v) is 32.8. The molecule has 0 unspecified atom stereocenters. The highest BCUT2D eigenvalue weighted by Gasteiger charge is 2.32. The normalized spacial score (nSPS) is 16.6. The van der Waals surface area contributed by atoms with Crippen molar-refractivity contribution in [2.45, 2.75) is 118 Å². The number of fused-ring (bicyclic) bond motifs is 3. The standard InChI is InChI=1S/C47H56N4O/c1-10-15-40-46(45-31(5)17-14-18-32(45)6)42(16-11-2)51(49-40)35-26-34(47(7,8)9)27-37(28-35)52-36-21-22-39-38-19-12-13-20-41(38)50(43(39)29-36)44-25-33(30(3)4)23-24-48-44/h12-13,17,19-30,32,45H,10-11,14-16,18H2,1-9H3/t32-,45-/m0/s1. The molecule has 0 aliphatic heterocycles. The van der Waals surface area contributed by atoms with Crippen molar-refractivity contribution < 1.29 is 4.74 Å². The summed E-state index contributed by atoms with van der Waals surface area (Å²) in [6.07, 6.45) is 10.9. The van der Waals surface area contributed by atoms with E-state index in [9.17, 15) is 0 Å². The number of pyridine rings is 1. The monoisotopic (exact) mass is 692 g/mol. The molecule has 0 amide bonds. The molecule has 5 heteroatoms. The number of para-hydroxylation sites is 1. The second-order valence-corrected chi connectivity index (χ2v) is 16.4. The van der Waals surface area contributed by atoms with E-state index in [4.69, 9.17) is 14.8 Å². The van der Waals surface area contributed by atoms with Gasteiger partial charge in [0.05, 0.1) is 22.4 Å². The van der Waals surface area contributed by atoms with Gasteiger partial charge in [0, 0.05) is 46.3 Å². The maximum atomic E-state index is 6.88. The Morgan fingerprint density at radius 3 is 2.37 bits per heavy atom. The van der Waals surface area contributed by atoms with Crippen LogP contribution in [0.3, 0.4) is 0 Å². The van der Waals surface area contributed by atoms with Gasteiger partial charge in [-0.2, -0.15) is 5.10 Å². The van der Waals surface area contributed by atoms with Gasteiger partial charge in [-0.1, -0.05) is 98.1 Å². The predicted octanol–water partition coefficient (Wildman–Crippen LogP) is 12.9. The highest BCUT2D eigenvalue weighted by Crippen LogP contribution is 2.43. The first kappa shape index (κ1) is 35.7. The van der Waals surface area contributed by atoms with Gasteiger partial charge in [0.1, 0.15) is 17.3 Å². The van der Waals surface area contributed by atoms with Crippen molar-refractivity contribution in [2.75, 3.05) is 0 Å². The molecule has 0 bridgehead atoms. The van der Waals surface area contributed by atoms with E-state index in [1.54, 1.807) is 0 Å². The lowest BCUT2D eigenvalue weighted by atomic mass is 9.74. The van der Waals surface area contributed by atoms with Gasteiger partial charge in [0.15, 0.2) is 0 Å². The molecule has 3 heterocycles. The number of ether oxygens (including phenoxy) is 1. The second kappa shape index (κ2) is 14.4. The van der Waals surface area contributed by atoms with Crippen LogP contribution in [0.25, 0.3) is 33.3 Å². The third-order valence-corrected chi connectivity index (χ3v) is 11.1. The molecule has 7 rings (SSSR count). The molecule has 5 nitrogen and oxygen atoms in total. The number of allylic oxidation sites excluding steroid dienone is 2. The molecule has 1 aliphatic rings. The van der Waals surface area contributed by atoms with E-state index in [0.29, 0.717) is 17.8 Å². The number of aromatic nitrogens is 4. The molecule has 1 aliphatic carbocycles.